The molecule has 0 aromatic heterocycles. The van der Waals surface area contributed by atoms with Gasteiger partial charge in [0.1, 0.15) is 0 Å². The van der Waals surface area contributed by atoms with E-state index in [1.54, 1.807) is 6.92 Å². The summed E-state index contributed by atoms with van der Waals surface area (Å²) in [5.74, 6) is -0.308. The third kappa shape index (κ3) is 1.76. The SMILES string of the molecule is CC(NN1CCC1(C)C)C(N)=O. The van der Waals surface area contributed by atoms with Gasteiger partial charge in [-0.2, -0.15) is 0 Å². The molecule has 4 nitrogen and oxygen atoms in total. The van der Waals surface area contributed by atoms with E-state index in [9.17, 15) is 4.79 Å². The van der Waals surface area contributed by atoms with E-state index in [2.05, 4.69) is 24.3 Å². The van der Waals surface area contributed by atoms with Crippen LogP contribution in [-0.2, 0) is 4.79 Å². The Labute approximate surface area is 73.1 Å². The van der Waals surface area contributed by atoms with Crippen LogP contribution in [0, 0.1) is 0 Å². The van der Waals surface area contributed by atoms with Crippen molar-refractivity contribution in [3.8, 4) is 0 Å². The Morgan fingerprint density at radius 3 is 2.50 bits per heavy atom. The average molecular weight is 171 g/mol. The smallest absolute Gasteiger partial charge is 0.235 e. The normalized spacial score (nSPS) is 24.6. The van der Waals surface area contributed by atoms with Gasteiger partial charge in [-0.15, -0.1) is 0 Å². The molecule has 0 saturated carbocycles. The molecule has 70 valence electrons. The maximum Gasteiger partial charge on any atom is 0.235 e. The second-order valence-corrected chi connectivity index (χ2v) is 3.97. The minimum absolute atomic E-state index is 0.170. The molecule has 1 amide bonds. The van der Waals surface area contributed by atoms with Crippen LogP contribution in [0.25, 0.3) is 0 Å². The Bertz CT molecular complexity index is 191. The summed E-state index contributed by atoms with van der Waals surface area (Å²) in [6, 6.07) is -0.274. The Kier molecular flexibility index (Phi) is 2.39. The molecule has 1 heterocycles. The van der Waals surface area contributed by atoms with Crippen molar-refractivity contribution in [2.75, 3.05) is 6.54 Å². The fraction of sp³-hybridized carbons (Fsp3) is 0.875. The molecule has 12 heavy (non-hydrogen) atoms. The van der Waals surface area contributed by atoms with Crippen LogP contribution < -0.4 is 11.2 Å². The second kappa shape index (κ2) is 3.03. The summed E-state index contributed by atoms with van der Waals surface area (Å²) in [5, 5.41) is 2.06. The molecule has 0 aliphatic carbocycles. The van der Waals surface area contributed by atoms with Gasteiger partial charge >= 0.3 is 0 Å². The third-order valence-corrected chi connectivity index (χ3v) is 2.45. The molecular formula is C8H17N3O. The van der Waals surface area contributed by atoms with Gasteiger partial charge in [0, 0.05) is 12.1 Å². The van der Waals surface area contributed by atoms with Gasteiger partial charge in [0.2, 0.25) is 5.91 Å². The number of amides is 1. The number of hydrazine groups is 1. The number of rotatable bonds is 3. The van der Waals surface area contributed by atoms with Crippen LogP contribution in [0.4, 0.5) is 0 Å². The third-order valence-electron chi connectivity index (χ3n) is 2.45. The van der Waals surface area contributed by atoms with Crippen LogP contribution in [0.1, 0.15) is 27.2 Å². The number of carbonyl (C=O) groups excluding carboxylic acids is 1. The minimum atomic E-state index is -0.308. The number of hydrogen-bond acceptors (Lipinski definition) is 3. The minimum Gasteiger partial charge on any atom is -0.368 e. The summed E-state index contributed by atoms with van der Waals surface area (Å²) in [5.41, 5.74) is 8.36. The maximum absolute atomic E-state index is 10.7. The van der Waals surface area contributed by atoms with Crippen molar-refractivity contribution < 1.29 is 4.79 Å². The Morgan fingerprint density at radius 2 is 2.25 bits per heavy atom. The number of nitrogens with one attached hydrogen (secondary N) is 1. The first-order valence-corrected chi connectivity index (χ1v) is 4.26. The monoisotopic (exact) mass is 171 g/mol. The molecular weight excluding hydrogens is 154 g/mol. The van der Waals surface area contributed by atoms with Gasteiger partial charge < -0.3 is 5.73 Å². The maximum atomic E-state index is 10.7. The van der Waals surface area contributed by atoms with Crippen molar-refractivity contribution in [3.05, 3.63) is 0 Å². The van der Waals surface area contributed by atoms with E-state index in [4.69, 9.17) is 5.73 Å². The molecule has 1 fully saturated rings. The van der Waals surface area contributed by atoms with E-state index in [0.717, 1.165) is 13.0 Å². The molecule has 1 atom stereocenters. The van der Waals surface area contributed by atoms with Gasteiger partial charge in [0.25, 0.3) is 0 Å². The van der Waals surface area contributed by atoms with Crippen molar-refractivity contribution in [1.82, 2.24) is 10.4 Å². The Morgan fingerprint density at radius 1 is 1.67 bits per heavy atom. The molecule has 0 radical (unpaired) electrons. The van der Waals surface area contributed by atoms with E-state index in [0.29, 0.717) is 0 Å². The van der Waals surface area contributed by atoms with Crippen LogP contribution in [0.3, 0.4) is 0 Å². The molecule has 1 saturated heterocycles. The Balaban J connectivity index is 2.37. The van der Waals surface area contributed by atoms with Crippen molar-refractivity contribution in [2.24, 2.45) is 5.73 Å². The number of nitrogens with two attached hydrogens (primary N) is 1. The van der Waals surface area contributed by atoms with Crippen molar-refractivity contribution in [1.29, 1.82) is 0 Å². The first-order valence-electron chi connectivity index (χ1n) is 4.26. The zero-order valence-electron chi connectivity index (χ0n) is 7.92. The standard InChI is InChI=1S/C8H17N3O/c1-6(7(9)12)10-11-5-4-8(11,2)3/h6,10H,4-5H2,1-3H3,(H2,9,12). The fourth-order valence-corrected chi connectivity index (χ4v) is 1.21. The van der Waals surface area contributed by atoms with Crippen LogP contribution >= 0.6 is 0 Å². The van der Waals surface area contributed by atoms with Crippen LogP contribution in [0.2, 0.25) is 0 Å². The highest BCUT2D eigenvalue weighted by atomic mass is 16.1. The fourth-order valence-electron chi connectivity index (χ4n) is 1.21. The zero-order chi connectivity index (χ0) is 9.35. The van der Waals surface area contributed by atoms with Gasteiger partial charge in [-0.25, -0.2) is 10.4 Å². The molecule has 1 rings (SSSR count). The number of carbonyl (C=O) groups is 1. The van der Waals surface area contributed by atoms with Gasteiger partial charge in [0.15, 0.2) is 0 Å². The summed E-state index contributed by atoms with van der Waals surface area (Å²) in [6.45, 7) is 7.04. The van der Waals surface area contributed by atoms with Crippen molar-refractivity contribution in [3.63, 3.8) is 0 Å². The first-order chi connectivity index (χ1) is 5.43. The van der Waals surface area contributed by atoms with E-state index in [1.165, 1.54) is 0 Å². The molecule has 1 aliphatic rings. The quantitative estimate of drug-likeness (QED) is 0.621. The van der Waals surface area contributed by atoms with Gasteiger partial charge in [-0.3, -0.25) is 4.79 Å². The highest BCUT2D eigenvalue weighted by Crippen LogP contribution is 2.26. The number of hydrogen-bond donors (Lipinski definition) is 2. The zero-order valence-corrected chi connectivity index (χ0v) is 7.92. The lowest BCUT2D eigenvalue weighted by Crippen LogP contribution is -2.65. The molecule has 0 bridgehead atoms. The van der Waals surface area contributed by atoms with E-state index in [-0.39, 0.29) is 17.5 Å². The predicted octanol–water partition coefficient (Wildman–Crippen LogP) is -0.151. The van der Waals surface area contributed by atoms with Crippen LogP contribution in [-0.4, -0.2) is 29.0 Å². The summed E-state index contributed by atoms with van der Waals surface area (Å²) in [6.07, 6.45) is 1.16. The first kappa shape index (κ1) is 9.48. The highest BCUT2D eigenvalue weighted by molar-refractivity contribution is 5.79. The molecule has 1 aliphatic heterocycles. The van der Waals surface area contributed by atoms with Crippen molar-refractivity contribution in [2.45, 2.75) is 38.8 Å². The lowest BCUT2D eigenvalue weighted by molar-refractivity contribution is -0.124. The van der Waals surface area contributed by atoms with Gasteiger partial charge in [-0.05, 0) is 27.2 Å². The van der Waals surface area contributed by atoms with Gasteiger partial charge in [0.05, 0.1) is 6.04 Å². The number of nitrogens with zero attached hydrogens (tertiary/aromatic N) is 1. The highest BCUT2D eigenvalue weighted by Gasteiger charge is 2.36. The lowest BCUT2D eigenvalue weighted by atomic mass is 9.91. The lowest BCUT2D eigenvalue weighted by Gasteiger charge is -2.49. The molecule has 3 N–H and O–H groups in total. The topological polar surface area (TPSA) is 58.4 Å². The Hall–Kier alpha value is -0.610. The van der Waals surface area contributed by atoms with E-state index < -0.39 is 0 Å². The molecule has 1 unspecified atom stereocenters. The summed E-state index contributed by atoms with van der Waals surface area (Å²) < 4.78 is 0. The second-order valence-electron chi connectivity index (χ2n) is 3.97. The average Bonchev–Trinajstić information content (AvgIpc) is 1.97. The van der Waals surface area contributed by atoms with Crippen LogP contribution in [0.15, 0.2) is 0 Å². The van der Waals surface area contributed by atoms with Gasteiger partial charge in [-0.1, -0.05) is 0 Å². The molecule has 0 spiro atoms. The summed E-state index contributed by atoms with van der Waals surface area (Å²) in [7, 11) is 0. The molecule has 4 heteroatoms. The predicted molar refractivity (Wildman–Crippen MR) is 47.2 cm³/mol. The van der Waals surface area contributed by atoms with Crippen molar-refractivity contribution >= 4 is 5.91 Å². The number of primary amides is 1. The summed E-state index contributed by atoms with van der Waals surface area (Å²) >= 11 is 0. The largest absolute Gasteiger partial charge is 0.368 e. The van der Waals surface area contributed by atoms with Crippen LogP contribution in [0.5, 0.6) is 0 Å². The van der Waals surface area contributed by atoms with E-state index in [1.807, 2.05) is 0 Å². The van der Waals surface area contributed by atoms with E-state index >= 15 is 0 Å². The summed E-state index contributed by atoms with van der Waals surface area (Å²) in [4.78, 5) is 10.7. The molecule has 0 aromatic carbocycles. The molecule has 0 aromatic rings.